The topological polar surface area (TPSA) is 81.2 Å². The van der Waals surface area contributed by atoms with Crippen LogP contribution in [0.4, 0.5) is 0 Å². The first-order chi connectivity index (χ1) is 10.3. The number of nitrogens with one attached hydrogen (secondary N) is 1. The van der Waals surface area contributed by atoms with Gasteiger partial charge in [0.25, 0.3) is 0 Å². The highest BCUT2D eigenvalue weighted by Gasteiger charge is 2.36. The van der Waals surface area contributed by atoms with E-state index in [0.29, 0.717) is 12.3 Å². The zero-order valence-corrected chi connectivity index (χ0v) is 14.3. The number of nitrogens with zero attached hydrogens (tertiary/aromatic N) is 1. The summed E-state index contributed by atoms with van der Waals surface area (Å²) in [7, 11) is 0. The summed E-state index contributed by atoms with van der Waals surface area (Å²) in [6.45, 7) is 8.08. The van der Waals surface area contributed by atoms with E-state index >= 15 is 0 Å². The molecule has 0 spiro atoms. The number of hydrogen-bond acceptors (Lipinski definition) is 4. The van der Waals surface area contributed by atoms with Gasteiger partial charge in [0.2, 0.25) is 5.91 Å². The second-order valence-corrected chi connectivity index (χ2v) is 7.28. The molecule has 22 heavy (non-hydrogen) atoms. The molecule has 5 heteroatoms. The number of rotatable bonds is 4. The van der Waals surface area contributed by atoms with Crippen LogP contribution in [0.15, 0.2) is 4.52 Å². The molecule has 1 fully saturated rings. The normalized spacial score (nSPS) is 18.8. The largest absolute Gasteiger partial charge is 0.361 e. The van der Waals surface area contributed by atoms with E-state index in [9.17, 15) is 4.79 Å². The zero-order chi connectivity index (χ0) is 16.4. The molecule has 3 N–H and O–H groups in total. The molecule has 1 amide bonds. The van der Waals surface area contributed by atoms with Crippen molar-refractivity contribution in [3.05, 3.63) is 17.0 Å². The van der Waals surface area contributed by atoms with Crippen molar-refractivity contribution in [2.75, 3.05) is 6.54 Å². The lowest BCUT2D eigenvalue weighted by atomic mass is 9.82. The first-order valence-electron chi connectivity index (χ1n) is 8.27. The first-order valence-corrected chi connectivity index (χ1v) is 8.27. The molecular weight excluding hydrogens is 278 g/mol. The fraction of sp³-hybridized carbons (Fsp3) is 0.765. The Morgan fingerprint density at radius 2 is 1.86 bits per heavy atom. The summed E-state index contributed by atoms with van der Waals surface area (Å²) in [4.78, 5) is 12.7. The van der Waals surface area contributed by atoms with Gasteiger partial charge < -0.3 is 15.6 Å². The quantitative estimate of drug-likeness (QED) is 0.838. The summed E-state index contributed by atoms with van der Waals surface area (Å²) in [6.07, 6.45) is 6.77. The number of hydrogen-bond donors (Lipinski definition) is 2. The van der Waals surface area contributed by atoms with Crippen LogP contribution >= 0.6 is 0 Å². The lowest BCUT2D eigenvalue weighted by Crippen LogP contribution is -2.52. The smallest absolute Gasteiger partial charge is 0.230 e. The molecule has 1 aliphatic rings. The maximum atomic E-state index is 12.7. The number of aromatic nitrogens is 1. The summed E-state index contributed by atoms with van der Waals surface area (Å²) in [5, 5.41) is 7.03. The highest BCUT2D eigenvalue weighted by molar-refractivity contribution is 5.87. The van der Waals surface area contributed by atoms with E-state index < -0.39 is 5.41 Å². The molecule has 0 saturated heterocycles. The van der Waals surface area contributed by atoms with E-state index in [1.807, 2.05) is 27.7 Å². The zero-order valence-electron chi connectivity index (χ0n) is 14.3. The van der Waals surface area contributed by atoms with Crippen LogP contribution in [0.5, 0.6) is 0 Å². The fourth-order valence-corrected chi connectivity index (χ4v) is 3.58. The van der Waals surface area contributed by atoms with Crippen molar-refractivity contribution in [1.82, 2.24) is 10.5 Å². The Morgan fingerprint density at radius 3 is 2.36 bits per heavy atom. The van der Waals surface area contributed by atoms with Crippen LogP contribution in [-0.2, 0) is 10.2 Å². The average molecular weight is 307 g/mol. The predicted molar refractivity (Wildman–Crippen MR) is 86.6 cm³/mol. The highest BCUT2D eigenvalue weighted by Crippen LogP contribution is 2.30. The Labute approximate surface area is 133 Å². The highest BCUT2D eigenvalue weighted by atomic mass is 16.5. The molecule has 0 atom stereocenters. The van der Waals surface area contributed by atoms with Gasteiger partial charge in [-0.3, -0.25) is 4.79 Å². The van der Waals surface area contributed by atoms with Crippen molar-refractivity contribution in [2.24, 2.45) is 5.73 Å². The molecule has 1 aromatic rings. The molecular formula is C17H29N3O2. The van der Waals surface area contributed by atoms with Gasteiger partial charge in [-0.15, -0.1) is 0 Å². The molecule has 1 aromatic heterocycles. The average Bonchev–Trinajstić information content (AvgIpc) is 2.66. The van der Waals surface area contributed by atoms with Crippen molar-refractivity contribution in [2.45, 2.75) is 77.2 Å². The molecule has 0 radical (unpaired) electrons. The lowest BCUT2D eigenvalue weighted by molar-refractivity contribution is -0.126. The van der Waals surface area contributed by atoms with Crippen molar-refractivity contribution in [3.63, 3.8) is 0 Å². The van der Waals surface area contributed by atoms with E-state index in [0.717, 1.165) is 36.9 Å². The molecule has 0 aliphatic heterocycles. The first kappa shape index (κ1) is 17.0. The molecule has 2 rings (SSSR count). The Bertz CT molecular complexity index is 507. The Hall–Kier alpha value is -1.36. The lowest BCUT2D eigenvalue weighted by Gasteiger charge is -2.31. The monoisotopic (exact) mass is 307 g/mol. The Morgan fingerprint density at radius 1 is 1.27 bits per heavy atom. The van der Waals surface area contributed by atoms with Crippen LogP contribution in [0.3, 0.4) is 0 Å². The van der Waals surface area contributed by atoms with E-state index in [4.69, 9.17) is 10.3 Å². The Kier molecular flexibility index (Phi) is 4.95. The van der Waals surface area contributed by atoms with Crippen LogP contribution in [0.2, 0.25) is 0 Å². The van der Waals surface area contributed by atoms with E-state index in [2.05, 4.69) is 10.5 Å². The van der Waals surface area contributed by atoms with Crippen LogP contribution in [-0.4, -0.2) is 23.1 Å². The standard InChI is InChI=1S/C17H29N3O2/c1-12-14(13(2)22-20-12)16(3,4)15(21)19-11-17(18)9-7-5-6-8-10-17/h5-11,18H2,1-4H3,(H,19,21). The molecule has 5 nitrogen and oxygen atoms in total. The molecule has 1 aliphatic carbocycles. The third-order valence-electron chi connectivity index (χ3n) is 4.93. The van der Waals surface area contributed by atoms with Gasteiger partial charge in [0.15, 0.2) is 0 Å². The van der Waals surface area contributed by atoms with Crippen molar-refractivity contribution in [3.8, 4) is 0 Å². The van der Waals surface area contributed by atoms with Crippen molar-refractivity contribution >= 4 is 5.91 Å². The minimum atomic E-state index is -0.671. The summed E-state index contributed by atoms with van der Waals surface area (Å²) in [5.74, 6) is 0.686. The number of carbonyl (C=O) groups is 1. The van der Waals surface area contributed by atoms with Gasteiger partial charge in [-0.25, -0.2) is 0 Å². The number of amides is 1. The van der Waals surface area contributed by atoms with Gasteiger partial charge in [0.05, 0.1) is 11.1 Å². The molecule has 124 valence electrons. The molecule has 1 saturated carbocycles. The van der Waals surface area contributed by atoms with Crippen LogP contribution in [0.25, 0.3) is 0 Å². The summed E-state index contributed by atoms with van der Waals surface area (Å²) in [6, 6.07) is 0. The van der Waals surface area contributed by atoms with Gasteiger partial charge in [0, 0.05) is 17.6 Å². The molecule has 0 bridgehead atoms. The van der Waals surface area contributed by atoms with Gasteiger partial charge in [-0.2, -0.15) is 0 Å². The minimum absolute atomic E-state index is 0.0176. The SMILES string of the molecule is Cc1noc(C)c1C(C)(C)C(=O)NCC1(N)CCCCCC1. The van der Waals surface area contributed by atoms with Crippen LogP contribution in [0, 0.1) is 13.8 Å². The Balaban J connectivity index is 2.05. The number of nitrogens with two attached hydrogens (primary N) is 1. The van der Waals surface area contributed by atoms with Gasteiger partial charge in [-0.1, -0.05) is 30.8 Å². The predicted octanol–water partition coefficient (Wildman–Crippen LogP) is 2.74. The summed E-state index contributed by atoms with van der Waals surface area (Å²) >= 11 is 0. The van der Waals surface area contributed by atoms with Crippen molar-refractivity contribution in [1.29, 1.82) is 0 Å². The molecule has 0 aromatic carbocycles. The van der Waals surface area contributed by atoms with Gasteiger partial charge in [0.1, 0.15) is 5.76 Å². The van der Waals surface area contributed by atoms with Crippen molar-refractivity contribution < 1.29 is 9.32 Å². The fourth-order valence-electron chi connectivity index (χ4n) is 3.58. The molecule has 1 heterocycles. The minimum Gasteiger partial charge on any atom is -0.361 e. The van der Waals surface area contributed by atoms with Crippen LogP contribution < -0.4 is 11.1 Å². The van der Waals surface area contributed by atoms with Gasteiger partial charge >= 0.3 is 0 Å². The third-order valence-corrected chi connectivity index (χ3v) is 4.93. The van der Waals surface area contributed by atoms with E-state index in [1.165, 1.54) is 12.8 Å². The third kappa shape index (κ3) is 3.51. The number of carbonyl (C=O) groups excluding carboxylic acids is 1. The van der Waals surface area contributed by atoms with E-state index in [1.54, 1.807) is 0 Å². The van der Waals surface area contributed by atoms with E-state index in [-0.39, 0.29) is 11.4 Å². The second kappa shape index (κ2) is 6.41. The molecule has 0 unspecified atom stereocenters. The summed E-state index contributed by atoms with van der Waals surface area (Å²) in [5.41, 5.74) is 7.19. The second-order valence-electron chi connectivity index (χ2n) is 7.28. The van der Waals surface area contributed by atoms with Crippen LogP contribution in [0.1, 0.15) is 69.4 Å². The maximum Gasteiger partial charge on any atom is 0.230 e. The summed E-state index contributed by atoms with van der Waals surface area (Å²) < 4.78 is 5.21. The number of aryl methyl sites for hydroxylation is 2. The maximum absolute atomic E-state index is 12.7. The van der Waals surface area contributed by atoms with Gasteiger partial charge in [-0.05, 0) is 40.5 Å².